The fourth-order valence-corrected chi connectivity index (χ4v) is 1.30. The number of hydrogen-bond acceptors (Lipinski definition) is 2. The zero-order chi connectivity index (χ0) is 11.3. The van der Waals surface area contributed by atoms with Crippen LogP contribution in [0.1, 0.15) is 0 Å². The summed E-state index contributed by atoms with van der Waals surface area (Å²) < 4.78 is 0. The first-order valence-electron chi connectivity index (χ1n) is 4.00. The molecule has 1 aromatic rings. The van der Waals surface area contributed by atoms with Gasteiger partial charge in [-0.05, 0) is 35.9 Å². The summed E-state index contributed by atoms with van der Waals surface area (Å²) in [6, 6.07) is 4.89. The molecule has 78 valence electrons. The van der Waals surface area contributed by atoms with Gasteiger partial charge in [-0.1, -0.05) is 16.7 Å². The molecule has 15 heavy (non-hydrogen) atoms. The molecule has 1 rings (SSSR count). The second-order valence-corrected chi connectivity index (χ2v) is 3.44. The first kappa shape index (κ1) is 11.6. The highest BCUT2D eigenvalue weighted by molar-refractivity contribution is 7.80. The molecule has 0 saturated heterocycles. The predicted octanol–water partition coefficient (Wildman–Crippen LogP) is 3.20. The van der Waals surface area contributed by atoms with Crippen molar-refractivity contribution in [2.45, 2.75) is 0 Å². The molecule has 0 aliphatic rings. The molecule has 0 radical (unpaired) electrons. The summed E-state index contributed by atoms with van der Waals surface area (Å²) in [6.45, 7) is 0. The molecule has 0 amide bonds. The lowest BCUT2D eigenvalue weighted by atomic mass is 10.3. The van der Waals surface area contributed by atoms with E-state index < -0.39 is 0 Å². The van der Waals surface area contributed by atoms with Crippen molar-refractivity contribution in [3.05, 3.63) is 33.7 Å². The van der Waals surface area contributed by atoms with Gasteiger partial charge < -0.3 is 10.6 Å². The van der Waals surface area contributed by atoms with E-state index in [4.69, 9.17) is 29.3 Å². The van der Waals surface area contributed by atoms with Crippen LogP contribution >= 0.6 is 23.8 Å². The zero-order valence-electron chi connectivity index (χ0n) is 7.86. The highest BCUT2D eigenvalue weighted by atomic mass is 35.5. The highest BCUT2D eigenvalue weighted by Crippen LogP contribution is 2.24. The number of rotatable bonds is 2. The van der Waals surface area contributed by atoms with Gasteiger partial charge in [-0.3, -0.25) is 0 Å². The minimum absolute atomic E-state index is 0.436. The number of benzene rings is 1. The van der Waals surface area contributed by atoms with Crippen molar-refractivity contribution in [1.29, 1.82) is 0 Å². The topological polar surface area (TPSA) is 72.8 Å². The number of anilines is 1. The SMILES string of the molecule is CNC(=S)Nc1cc(Cl)cc(N=[N+]=[N-])c1. The van der Waals surface area contributed by atoms with Gasteiger partial charge in [0, 0.05) is 28.4 Å². The molecule has 5 nitrogen and oxygen atoms in total. The summed E-state index contributed by atoms with van der Waals surface area (Å²) in [5.74, 6) is 0. The molecule has 0 heterocycles. The predicted molar refractivity (Wildman–Crippen MR) is 65.5 cm³/mol. The lowest BCUT2D eigenvalue weighted by Gasteiger charge is -2.07. The van der Waals surface area contributed by atoms with Crippen LogP contribution in [0.4, 0.5) is 11.4 Å². The van der Waals surface area contributed by atoms with Crippen molar-refractivity contribution in [2.75, 3.05) is 12.4 Å². The Labute approximate surface area is 97.1 Å². The summed E-state index contributed by atoms with van der Waals surface area (Å²) in [4.78, 5) is 2.68. The maximum atomic E-state index is 8.29. The van der Waals surface area contributed by atoms with Crippen molar-refractivity contribution in [3.63, 3.8) is 0 Å². The number of halogens is 1. The first-order valence-corrected chi connectivity index (χ1v) is 4.78. The van der Waals surface area contributed by atoms with Crippen LogP contribution in [0, 0.1) is 0 Å². The molecule has 0 unspecified atom stereocenters. The fraction of sp³-hybridized carbons (Fsp3) is 0.125. The first-order chi connectivity index (χ1) is 7.15. The van der Waals surface area contributed by atoms with Crippen LogP contribution in [-0.4, -0.2) is 12.2 Å². The van der Waals surface area contributed by atoms with Gasteiger partial charge in [0.1, 0.15) is 0 Å². The van der Waals surface area contributed by atoms with Gasteiger partial charge in [-0.15, -0.1) is 0 Å². The molecular weight excluding hydrogens is 234 g/mol. The standard InChI is InChI=1S/C8H8ClN5S/c1-11-8(15)12-6-2-5(9)3-7(4-6)13-14-10/h2-4H,1H3,(H2,11,12,15). The molecule has 0 aliphatic carbocycles. The molecule has 0 spiro atoms. The molecule has 0 fully saturated rings. The monoisotopic (exact) mass is 241 g/mol. The third-order valence-corrected chi connectivity index (χ3v) is 2.05. The third kappa shape index (κ3) is 3.63. The third-order valence-electron chi connectivity index (χ3n) is 1.53. The summed E-state index contributed by atoms with van der Waals surface area (Å²) in [6.07, 6.45) is 0. The minimum atomic E-state index is 0.436. The van der Waals surface area contributed by atoms with E-state index in [1.807, 2.05) is 0 Å². The van der Waals surface area contributed by atoms with E-state index in [1.165, 1.54) is 0 Å². The van der Waals surface area contributed by atoms with Crippen molar-refractivity contribution in [1.82, 2.24) is 5.32 Å². The van der Waals surface area contributed by atoms with Crippen LogP contribution in [-0.2, 0) is 0 Å². The molecule has 1 aromatic carbocycles. The molecule has 0 aliphatic heterocycles. The molecule has 7 heteroatoms. The molecule has 0 aromatic heterocycles. The quantitative estimate of drug-likeness (QED) is 0.361. The van der Waals surface area contributed by atoms with Gasteiger partial charge in [0.2, 0.25) is 0 Å². The van der Waals surface area contributed by atoms with Gasteiger partial charge in [0.15, 0.2) is 5.11 Å². The normalized spacial score (nSPS) is 8.93. The van der Waals surface area contributed by atoms with Crippen LogP contribution in [0.25, 0.3) is 10.4 Å². The Morgan fingerprint density at radius 1 is 1.53 bits per heavy atom. The van der Waals surface area contributed by atoms with Crippen molar-refractivity contribution in [2.24, 2.45) is 5.11 Å². The second kappa shape index (κ2) is 5.41. The van der Waals surface area contributed by atoms with Crippen LogP contribution in [0.3, 0.4) is 0 Å². The Morgan fingerprint density at radius 3 is 2.87 bits per heavy atom. The molecule has 0 saturated carbocycles. The number of azide groups is 1. The van der Waals surface area contributed by atoms with E-state index >= 15 is 0 Å². The van der Waals surface area contributed by atoms with Crippen LogP contribution < -0.4 is 10.6 Å². The van der Waals surface area contributed by atoms with Crippen LogP contribution in [0.15, 0.2) is 23.3 Å². The highest BCUT2D eigenvalue weighted by Gasteiger charge is 1.99. The smallest absolute Gasteiger partial charge is 0.170 e. The summed E-state index contributed by atoms with van der Waals surface area (Å²) in [5.41, 5.74) is 9.39. The average Bonchev–Trinajstić information content (AvgIpc) is 2.17. The summed E-state index contributed by atoms with van der Waals surface area (Å²) in [5, 5.41) is 10.0. The summed E-state index contributed by atoms with van der Waals surface area (Å²) >= 11 is 10.7. The van der Waals surface area contributed by atoms with E-state index in [0.29, 0.717) is 21.5 Å². The molecule has 0 bridgehead atoms. The van der Waals surface area contributed by atoms with Gasteiger partial charge in [-0.25, -0.2) is 0 Å². The van der Waals surface area contributed by atoms with Gasteiger partial charge >= 0.3 is 0 Å². The van der Waals surface area contributed by atoms with Crippen molar-refractivity contribution in [3.8, 4) is 0 Å². The van der Waals surface area contributed by atoms with E-state index in [1.54, 1.807) is 25.2 Å². The van der Waals surface area contributed by atoms with E-state index in [9.17, 15) is 0 Å². The Bertz CT molecular complexity index is 427. The van der Waals surface area contributed by atoms with E-state index in [-0.39, 0.29) is 0 Å². The van der Waals surface area contributed by atoms with Gasteiger partial charge in [-0.2, -0.15) is 0 Å². The van der Waals surface area contributed by atoms with Gasteiger partial charge in [0.05, 0.1) is 0 Å². The van der Waals surface area contributed by atoms with E-state index in [0.717, 1.165) is 0 Å². The number of hydrogen-bond donors (Lipinski definition) is 2. The Morgan fingerprint density at radius 2 is 2.27 bits per heavy atom. The van der Waals surface area contributed by atoms with Crippen LogP contribution in [0.2, 0.25) is 5.02 Å². The largest absolute Gasteiger partial charge is 0.366 e. The van der Waals surface area contributed by atoms with E-state index in [2.05, 4.69) is 20.7 Å². The lowest BCUT2D eigenvalue weighted by Crippen LogP contribution is -2.23. The zero-order valence-corrected chi connectivity index (χ0v) is 9.43. The maximum Gasteiger partial charge on any atom is 0.170 e. The second-order valence-electron chi connectivity index (χ2n) is 2.59. The number of nitrogens with one attached hydrogen (secondary N) is 2. The van der Waals surface area contributed by atoms with Crippen LogP contribution in [0.5, 0.6) is 0 Å². The van der Waals surface area contributed by atoms with Gasteiger partial charge in [0.25, 0.3) is 0 Å². The Hall–Kier alpha value is -1.49. The lowest BCUT2D eigenvalue weighted by molar-refractivity contribution is 1.20. The minimum Gasteiger partial charge on any atom is -0.366 e. The molecular formula is C8H8ClN5S. The fourth-order valence-electron chi connectivity index (χ4n) is 0.949. The van der Waals surface area contributed by atoms with Crippen molar-refractivity contribution >= 4 is 40.3 Å². The summed E-state index contributed by atoms with van der Waals surface area (Å²) in [7, 11) is 1.70. The maximum absolute atomic E-state index is 8.29. The average molecular weight is 242 g/mol. The molecule has 2 N–H and O–H groups in total. The molecule has 0 atom stereocenters. The Balaban J connectivity index is 2.98. The Kier molecular flexibility index (Phi) is 4.17. The number of thiocarbonyl (C=S) groups is 1. The van der Waals surface area contributed by atoms with Crippen molar-refractivity contribution < 1.29 is 0 Å². The number of nitrogens with zero attached hydrogens (tertiary/aromatic N) is 3.